The minimum atomic E-state index is -0.00502. The zero-order valence-corrected chi connectivity index (χ0v) is 14.5. The van der Waals surface area contributed by atoms with Crippen LogP contribution < -0.4 is 10.5 Å². The molecule has 0 saturated carbocycles. The van der Waals surface area contributed by atoms with Crippen molar-refractivity contribution in [1.29, 1.82) is 0 Å². The van der Waals surface area contributed by atoms with Crippen molar-refractivity contribution in [3.8, 4) is 5.75 Å². The molecule has 0 bridgehead atoms. The lowest BCUT2D eigenvalue weighted by Crippen LogP contribution is -2.33. The number of ether oxygens (including phenoxy) is 1. The maximum absolute atomic E-state index is 12.1. The van der Waals surface area contributed by atoms with Crippen LogP contribution in [-0.2, 0) is 11.2 Å². The predicted molar refractivity (Wildman–Crippen MR) is 93.5 cm³/mol. The number of nitrogens with zero attached hydrogens (tertiary/aromatic N) is 1. The Morgan fingerprint density at radius 2 is 2.13 bits per heavy atom. The molecule has 0 aromatic heterocycles. The Morgan fingerprint density at radius 3 is 2.70 bits per heavy atom. The molecule has 3 N–H and O–H groups in total. The summed E-state index contributed by atoms with van der Waals surface area (Å²) in [5.74, 6) is 1.36. The number of amides is 1. The Balaban J connectivity index is 2.52. The zero-order chi connectivity index (χ0) is 17.2. The highest BCUT2D eigenvalue weighted by Gasteiger charge is 2.11. The molecule has 0 spiro atoms. The largest absolute Gasteiger partial charge is 0.491 e. The van der Waals surface area contributed by atoms with Gasteiger partial charge in [-0.2, -0.15) is 0 Å². The monoisotopic (exact) mass is 322 g/mol. The van der Waals surface area contributed by atoms with Gasteiger partial charge >= 0.3 is 0 Å². The Kier molecular flexibility index (Phi) is 8.48. The topological polar surface area (TPSA) is 75.8 Å². The molecule has 1 aromatic carbocycles. The van der Waals surface area contributed by atoms with Crippen molar-refractivity contribution >= 4 is 11.6 Å². The Hall–Kier alpha value is -1.75. The summed E-state index contributed by atoms with van der Waals surface area (Å²) in [6.45, 7) is 7.88. The third-order valence-corrected chi connectivity index (χ3v) is 3.76. The Morgan fingerprint density at radius 1 is 1.39 bits per heavy atom. The summed E-state index contributed by atoms with van der Waals surface area (Å²) in [6.07, 6.45) is 2.05. The fraction of sp³-hybridized carbons (Fsp3) is 0.611. The Bertz CT molecular complexity index is 489. The lowest BCUT2D eigenvalue weighted by Gasteiger charge is -2.19. The second-order valence-corrected chi connectivity index (χ2v) is 6.10. The molecule has 1 aromatic rings. The molecule has 23 heavy (non-hydrogen) atoms. The van der Waals surface area contributed by atoms with E-state index in [9.17, 15) is 4.79 Å². The van der Waals surface area contributed by atoms with Gasteiger partial charge in [-0.05, 0) is 43.4 Å². The van der Waals surface area contributed by atoms with E-state index in [0.717, 1.165) is 12.0 Å². The van der Waals surface area contributed by atoms with Crippen molar-refractivity contribution < 1.29 is 14.6 Å². The summed E-state index contributed by atoms with van der Waals surface area (Å²) >= 11 is 0. The highest BCUT2D eigenvalue weighted by atomic mass is 16.5. The number of aliphatic hydroxyl groups is 1. The number of likely N-dealkylation sites (N-methyl/N-ethyl adjacent to an activating group) is 1. The average molecular weight is 322 g/mol. The number of benzene rings is 1. The normalized spacial score (nSPS) is 10.8. The molecule has 0 heterocycles. The highest BCUT2D eigenvalue weighted by Crippen LogP contribution is 2.23. The van der Waals surface area contributed by atoms with Crippen molar-refractivity contribution in [1.82, 2.24) is 4.90 Å². The van der Waals surface area contributed by atoms with Crippen molar-refractivity contribution in [2.24, 2.45) is 5.92 Å². The minimum Gasteiger partial charge on any atom is -0.491 e. The van der Waals surface area contributed by atoms with Gasteiger partial charge in [-0.15, -0.1) is 0 Å². The molecule has 0 atom stereocenters. The maximum Gasteiger partial charge on any atom is 0.222 e. The van der Waals surface area contributed by atoms with Crippen molar-refractivity contribution in [3.05, 3.63) is 23.8 Å². The molecule has 0 aliphatic carbocycles. The summed E-state index contributed by atoms with van der Waals surface area (Å²) in [5.41, 5.74) is 7.66. The molecule has 0 saturated heterocycles. The van der Waals surface area contributed by atoms with E-state index in [2.05, 4.69) is 13.8 Å². The zero-order valence-electron chi connectivity index (χ0n) is 14.5. The molecular formula is C18H30N2O3. The highest BCUT2D eigenvalue weighted by molar-refractivity contribution is 5.76. The van der Waals surface area contributed by atoms with Crippen LogP contribution in [0.5, 0.6) is 5.75 Å². The second-order valence-electron chi connectivity index (χ2n) is 6.10. The van der Waals surface area contributed by atoms with Gasteiger partial charge < -0.3 is 20.5 Å². The number of rotatable bonds is 10. The summed E-state index contributed by atoms with van der Waals surface area (Å²) in [4.78, 5) is 13.7. The van der Waals surface area contributed by atoms with Crippen molar-refractivity contribution in [3.63, 3.8) is 0 Å². The van der Waals surface area contributed by atoms with Crippen molar-refractivity contribution in [2.75, 3.05) is 32.0 Å². The first-order valence-electron chi connectivity index (χ1n) is 8.37. The number of aryl methyl sites for hydroxylation is 1. The summed E-state index contributed by atoms with van der Waals surface area (Å²) in [7, 11) is 0. The minimum absolute atomic E-state index is 0.00502. The van der Waals surface area contributed by atoms with Gasteiger partial charge in [0.1, 0.15) is 5.75 Å². The SMILES string of the molecule is CCN(CCO)C(=O)CCc1ccc(OCCC(C)C)c(N)c1. The summed E-state index contributed by atoms with van der Waals surface area (Å²) in [5, 5.41) is 8.95. The smallest absolute Gasteiger partial charge is 0.222 e. The molecular weight excluding hydrogens is 292 g/mol. The molecule has 1 amide bonds. The van der Waals surface area contributed by atoms with Crippen LogP contribution >= 0.6 is 0 Å². The number of hydrogen-bond acceptors (Lipinski definition) is 4. The molecule has 0 aliphatic heterocycles. The van der Waals surface area contributed by atoms with E-state index in [0.29, 0.717) is 49.9 Å². The van der Waals surface area contributed by atoms with Crippen LogP contribution in [0.25, 0.3) is 0 Å². The third kappa shape index (κ3) is 6.91. The molecule has 5 heteroatoms. The quantitative estimate of drug-likeness (QED) is 0.649. The number of carbonyl (C=O) groups excluding carboxylic acids is 1. The summed E-state index contributed by atoms with van der Waals surface area (Å²) < 4.78 is 5.69. The van der Waals surface area contributed by atoms with Gasteiger partial charge in [0.25, 0.3) is 0 Å². The number of nitrogen functional groups attached to an aromatic ring is 1. The first-order chi connectivity index (χ1) is 11.0. The molecule has 0 fully saturated rings. The third-order valence-electron chi connectivity index (χ3n) is 3.76. The van der Waals surface area contributed by atoms with Crippen LogP contribution in [0, 0.1) is 5.92 Å². The van der Waals surface area contributed by atoms with E-state index >= 15 is 0 Å². The molecule has 130 valence electrons. The van der Waals surface area contributed by atoms with Crippen LogP contribution in [0.3, 0.4) is 0 Å². The summed E-state index contributed by atoms with van der Waals surface area (Å²) in [6, 6.07) is 5.71. The van der Waals surface area contributed by atoms with Gasteiger partial charge in [0.15, 0.2) is 0 Å². The van der Waals surface area contributed by atoms with Crippen LogP contribution in [0.4, 0.5) is 5.69 Å². The van der Waals surface area contributed by atoms with Gasteiger partial charge in [-0.3, -0.25) is 4.79 Å². The van der Waals surface area contributed by atoms with Gasteiger partial charge in [-0.1, -0.05) is 19.9 Å². The number of carbonyl (C=O) groups is 1. The van der Waals surface area contributed by atoms with E-state index in [1.54, 1.807) is 4.90 Å². The predicted octanol–water partition coefficient (Wildman–Crippen LogP) is 2.47. The first kappa shape index (κ1) is 19.3. The Labute approximate surface area is 139 Å². The van der Waals surface area contributed by atoms with Crippen LogP contribution in [0.15, 0.2) is 18.2 Å². The lowest BCUT2D eigenvalue weighted by molar-refractivity contribution is -0.131. The molecule has 0 unspecified atom stereocenters. The average Bonchev–Trinajstić information content (AvgIpc) is 2.51. The van der Waals surface area contributed by atoms with Crippen LogP contribution in [-0.4, -0.2) is 42.2 Å². The maximum atomic E-state index is 12.1. The molecule has 0 radical (unpaired) electrons. The second kappa shape index (κ2) is 10.1. The van der Waals surface area contributed by atoms with Gasteiger partial charge in [0, 0.05) is 19.5 Å². The lowest BCUT2D eigenvalue weighted by atomic mass is 10.1. The molecule has 0 aliphatic rings. The van der Waals surface area contributed by atoms with E-state index < -0.39 is 0 Å². The standard InChI is InChI=1S/C18H30N2O3/c1-4-20(10-11-21)18(22)8-6-15-5-7-17(16(19)13-15)23-12-9-14(2)3/h5,7,13-14,21H,4,6,8-12,19H2,1-3H3. The van der Waals surface area contributed by atoms with E-state index in [4.69, 9.17) is 15.6 Å². The van der Waals surface area contributed by atoms with Gasteiger partial charge in [0.2, 0.25) is 5.91 Å². The molecule has 1 rings (SSSR count). The van der Waals surface area contributed by atoms with Crippen LogP contribution in [0.1, 0.15) is 39.2 Å². The van der Waals surface area contributed by atoms with Crippen LogP contribution in [0.2, 0.25) is 0 Å². The number of anilines is 1. The molecule has 5 nitrogen and oxygen atoms in total. The van der Waals surface area contributed by atoms with Crippen molar-refractivity contribution in [2.45, 2.75) is 40.0 Å². The van der Waals surface area contributed by atoms with E-state index in [1.165, 1.54) is 0 Å². The number of aliphatic hydroxyl groups excluding tert-OH is 1. The van der Waals surface area contributed by atoms with Gasteiger partial charge in [0.05, 0.1) is 18.9 Å². The first-order valence-corrected chi connectivity index (χ1v) is 8.37. The van der Waals surface area contributed by atoms with E-state index in [1.807, 2.05) is 25.1 Å². The fourth-order valence-electron chi connectivity index (χ4n) is 2.28. The fourth-order valence-corrected chi connectivity index (χ4v) is 2.28. The van der Waals surface area contributed by atoms with Gasteiger partial charge in [-0.25, -0.2) is 0 Å². The van der Waals surface area contributed by atoms with E-state index in [-0.39, 0.29) is 12.5 Å². The number of nitrogens with two attached hydrogens (primary N) is 1. The number of hydrogen-bond donors (Lipinski definition) is 2.